The first-order valence-corrected chi connectivity index (χ1v) is 6.78. The highest BCUT2D eigenvalue weighted by atomic mass is 16.6. The summed E-state index contributed by atoms with van der Waals surface area (Å²) in [5.74, 6) is 1.02. The van der Waals surface area contributed by atoms with E-state index in [1.165, 1.54) is 47.8 Å². The van der Waals surface area contributed by atoms with Crippen LogP contribution in [-0.4, -0.2) is 24.3 Å². The zero-order valence-electron chi connectivity index (χ0n) is 10.4. The van der Waals surface area contributed by atoms with E-state index in [4.69, 9.17) is 9.47 Å². The predicted molar refractivity (Wildman–Crippen MR) is 70.2 cm³/mol. The van der Waals surface area contributed by atoms with Crippen LogP contribution in [-0.2, 0) is 17.6 Å². The van der Waals surface area contributed by atoms with Gasteiger partial charge in [-0.2, -0.15) is 0 Å². The molecule has 0 bridgehead atoms. The molecule has 1 N–H and O–H groups in total. The molecule has 1 aromatic carbocycles. The van der Waals surface area contributed by atoms with E-state index in [9.17, 15) is 0 Å². The van der Waals surface area contributed by atoms with Gasteiger partial charge < -0.3 is 14.5 Å². The third-order valence-electron chi connectivity index (χ3n) is 3.91. The predicted octanol–water partition coefficient (Wildman–Crippen LogP) is 2.82. The fourth-order valence-corrected chi connectivity index (χ4v) is 2.90. The lowest BCUT2D eigenvalue weighted by Gasteiger charge is -2.12. The molecule has 18 heavy (non-hydrogen) atoms. The molecule has 2 heterocycles. The van der Waals surface area contributed by atoms with E-state index >= 15 is 0 Å². The van der Waals surface area contributed by atoms with Gasteiger partial charge in [-0.15, -0.1) is 0 Å². The van der Waals surface area contributed by atoms with E-state index in [1.54, 1.807) is 0 Å². The maximum atomic E-state index is 5.92. The lowest BCUT2D eigenvalue weighted by atomic mass is 9.95. The molecular weight excluding hydrogens is 226 g/mol. The molecule has 4 rings (SSSR count). The molecule has 1 aliphatic carbocycles. The van der Waals surface area contributed by atoms with Gasteiger partial charge in [0.25, 0.3) is 0 Å². The highest BCUT2D eigenvalue weighted by Gasteiger charge is 2.24. The van der Waals surface area contributed by atoms with Crippen molar-refractivity contribution in [1.29, 1.82) is 0 Å². The molecule has 1 saturated heterocycles. The number of epoxide rings is 1. The Balaban J connectivity index is 1.77. The van der Waals surface area contributed by atoms with Crippen molar-refractivity contribution in [3.8, 4) is 5.75 Å². The Hall–Kier alpha value is -1.48. The summed E-state index contributed by atoms with van der Waals surface area (Å²) in [4.78, 5) is 3.55. The number of rotatable bonds is 3. The minimum atomic E-state index is 0.315. The molecule has 0 spiro atoms. The molecule has 0 unspecified atom stereocenters. The van der Waals surface area contributed by atoms with E-state index < -0.39 is 0 Å². The van der Waals surface area contributed by atoms with Crippen LogP contribution >= 0.6 is 0 Å². The van der Waals surface area contributed by atoms with Crippen LogP contribution in [0.2, 0.25) is 0 Å². The molecule has 2 aliphatic rings. The molecule has 1 fully saturated rings. The fraction of sp³-hybridized carbons (Fsp3) is 0.467. The maximum absolute atomic E-state index is 5.92. The average molecular weight is 243 g/mol. The van der Waals surface area contributed by atoms with Crippen molar-refractivity contribution in [2.45, 2.75) is 31.8 Å². The van der Waals surface area contributed by atoms with Gasteiger partial charge in [-0.25, -0.2) is 0 Å². The highest BCUT2D eigenvalue weighted by Crippen LogP contribution is 2.35. The van der Waals surface area contributed by atoms with Crippen molar-refractivity contribution in [2.24, 2.45) is 0 Å². The van der Waals surface area contributed by atoms with Gasteiger partial charge in [0.1, 0.15) is 18.5 Å². The van der Waals surface area contributed by atoms with Gasteiger partial charge in [0.2, 0.25) is 0 Å². The summed E-state index contributed by atoms with van der Waals surface area (Å²) in [5.41, 5.74) is 4.11. The Morgan fingerprint density at radius 2 is 2.17 bits per heavy atom. The summed E-state index contributed by atoms with van der Waals surface area (Å²) in [5, 5.41) is 1.30. The van der Waals surface area contributed by atoms with Crippen molar-refractivity contribution in [1.82, 2.24) is 4.98 Å². The molecule has 0 amide bonds. The lowest BCUT2D eigenvalue weighted by molar-refractivity contribution is 0.265. The van der Waals surface area contributed by atoms with Crippen LogP contribution in [0.1, 0.15) is 24.1 Å². The number of hydrogen-bond acceptors (Lipinski definition) is 2. The smallest absolute Gasteiger partial charge is 0.129 e. The molecule has 1 aromatic heterocycles. The van der Waals surface area contributed by atoms with Gasteiger partial charge in [0, 0.05) is 16.6 Å². The summed E-state index contributed by atoms with van der Waals surface area (Å²) in [6.45, 7) is 1.53. The minimum absolute atomic E-state index is 0.315. The summed E-state index contributed by atoms with van der Waals surface area (Å²) in [6, 6.07) is 6.29. The average Bonchev–Trinajstić information content (AvgIpc) is 3.15. The summed E-state index contributed by atoms with van der Waals surface area (Å²) >= 11 is 0. The molecule has 1 atom stereocenters. The van der Waals surface area contributed by atoms with Crippen LogP contribution in [0.5, 0.6) is 5.75 Å². The van der Waals surface area contributed by atoms with Crippen molar-refractivity contribution in [3.63, 3.8) is 0 Å². The van der Waals surface area contributed by atoms with E-state index in [0.29, 0.717) is 12.7 Å². The van der Waals surface area contributed by atoms with E-state index in [2.05, 4.69) is 23.2 Å². The molecule has 3 nitrogen and oxygen atoms in total. The summed E-state index contributed by atoms with van der Waals surface area (Å²) in [7, 11) is 0. The number of aromatic nitrogens is 1. The normalized spacial score (nSPS) is 21.9. The van der Waals surface area contributed by atoms with Crippen molar-refractivity contribution in [2.75, 3.05) is 13.2 Å². The van der Waals surface area contributed by atoms with Crippen molar-refractivity contribution < 1.29 is 9.47 Å². The number of ether oxygens (including phenoxy) is 2. The fourth-order valence-electron chi connectivity index (χ4n) is 2.90. The van der Waals surface area contributed by atoms with Gasteiger partial charge in [-0.05, 0) is 43.4 Å². The number of benzene rings is 1. The van der Waals surface area contributed by atoms with Crippen LogP contribution in [0.3, 0.4) is 0 Å². The third-order valence-corrected chi connectivity index (χ3v) is 3.91. The molecule has 3 heteroatoms. The second-order valence-corrected chi connectivity index (χ2v) is 5.23. The zero-order valence-corrected chi connectivity index (χ0v) is 10.4. The number of aromatic amines is 1. The largest absolute Gasteiger partial charge is 0.490 e. The van der Waals surface area contributed by atoms with Crippen LogP contribution in [0, 0.1) is 0 Å². The molecule has 0 radical (unpaired) electrons. The second kappa shape index (κ2) is 4.02. The van der Waals surface area contributed by atoms with E-state index in [-0.39, 0.29) is 0 Å². The van der Waals surface area contributed by atoms with Gasteiger partial charge >= 0.3 is 0 Å². The topological polar surface area (TPSA) is 37.5 Å². The molecule has 1 aliphatic heterocycles. The minimum Gasteiger partial charge on any atom is -0.490 e. The number of hydrogen-bond donors (Lipinski definition) is 1. The van der Waals surface area contributed by atoms with Gasteiger partial charge in [-0.3, -0.25) is 0 Å². The van der Waals surface area contributed by atoms with Gasteiger partial charge in [0.05, 0.1) is 6.61 Å². The number of aryl methyl sites for hydroxylation is 2. The molecule has 2 aromatic rings. The monoisotopic (exact) mass is 243 g/mol. The van der Waals surface area contributed by atoms with Crippen LogP contribution in [0.25, 0.3) is 10.9 Å². The summed E-state index contributed by atoms with van der Waals surface area (Å²) < 4.78 is 11.1. The number of H-pyrrole nitrogens is 1. The Bertz CT molecular complexity index is 583. The zero-order chi connectivity index (χ0) is 11.9. The first kappa shape index (κ1) is 10.4. The molecular formula is C15H17NO2. The first-order chi connectivity index (χ1) is 8.92. The second-order valence-electron chi connectivity index (χ2n) is 5.23. The van der Waals surface area contributed by atoms with E-state index in [1.807, 2.05) is 0 Å². The SMILES string of the molecule is c1cc(OC[C@@H]2CO2)c2c3c([nH]c2c1)CCCC3. The van der Waals surface area contributed by atoms with Gasteiger partial charge in [-0.1, -0.05) is 6.07 Å². The summed E-state index contributed by atoms with van der Waals surface area (Å²) in [6.07, 6.45) is 5.26. The Kier molecular flexibility index (Phi) is 2.33. The number of fused-ring (bicyclic) bond motifs is 3. The lowest BCUT2D eigenvalue weighted by Crippen LogP contribution is -2.05. The van der Waals surface area contributed by atoms with Crippen molar-refractivity contribution in [3.05, 3.63) is 29.5 Å². The Morgan fingerprint density at radius 1 is 1.28 bits per heavy atom. The highest BCUT2D eigenvalue weighted by molar-refractivity contribution is 5.90. The van der Waals surface area contributed by atoms with Gasteiger partial charge in [0.15, 0.2) is 0 Å². The van der Waals surface area contributed by atoms with Crippen LogP contribution in [0.4, 0.5) is 0 Å². The maximum Gasteiger partial charge on any atom is 0.129 e. The quantitative estimate of drug-likeness (QED) is 0.842. The Labute approximate surface area is 106 Å². The van der Waals surface area contributed by atoms with Crippen LogP contribution in [0.15, 0.2) is 18.2 Å². The number of nitrogens with one attached hydrogen (secondary N) is 1. The standard InChI is InChI=1S/C15H17NO2/c1-2-5-12-11(4-1)15-13(16-12)6-3-7-14(15)18-9-10-8-17-10/h3,6-7,10,16H,1-2,4-5,8-9H2/t10-/m0/s1. The van der Waals surface area contributed by atoms with E-state index in [0.717, 1.165) is 12.4 Å². The van der Waals surface area contributed by atoms with Crippen LogP contribution < -0.4 is 4.74 Å². The molecule has 0 saturated carbocycles. The molecule has 94 valence electrons. The third kappa shape index (κ3) is 1.70. The Morgan fingerprint density at radius 3 is 3.06 bits per heavy atom. The van der Waals surface area contributed by atoms with Crippen molar-refractivity contribution >= 4 is 10.9 Å². The first-order valence-electron chi connectivity index (χ1n) is 6.78.